The predicted molar refractivity (Wildman–Crippen MR) is 95.8 cm³/mol. The second-order valence-corrected chi connectivity index (χ2v) is 7.67. The summed E-state index contributed by atoms with van der Waals surface area (Å²) in [4.78, 5) is 13.3. The fourth-order valence-corrected chi connectivity index (χ4v) is 3.51. The fourth-order valence-electron chi connectivity index (χ4n) is 2.47. The van der Waals surface area contributed by atoms with E-state index in [1.165, 1.54) is 43.5 Å². The fraction of sp³-hybridized carbons (Fsp3) is 0.278. The van der Waals surface area contributed by atoms with Crippen molar-refractivity contribution in [1.82, 2.24) is 9.62 Å². The van der Waals surface area contributed by atoms with Gasteiger partial charge in [0.05, 0.1) is 17.6 Å². The molecule has 0 saturated heterocycles. The third-order valence-corrected chi connectivity index (χ3v) is 5.35. The monoisotopic (exact) mass is 380 g/mol. The van der Waals surface area contributed by atoms with Gasteiger partial charge in [-0.1, -0.05) is 12.1 Å². The van der Waals surface area contributed by atoms with Crippen LogP contribution in [0.4, 0.5) is 4.39 Å². The van der Waals surface area contributed by atoms with Crippen molar-refractivity contribution in [3.63, 3.8) is 0 Å². The molecule has 0 bridgehead atoms. The first-order chi connectivity index (χ1) is 12.2. The minimum absolute atomic E-state index is 0.0295. The van der Waals surface area contributed by atoms with Crippen LogP contribution in [0.25, 0.3) is 0 Å². The predicted octanol–water partition coefficient (Wildman–Crippen LogP) is 2.19. The molecule has 0 heterocycles. The number of methoxy groups -OCH3 is 1. The van der Waals surface area contributed by atoms with Crippen LogP contribution in [-0.4, -0.2) is 47.0 Å². The van der Waals surface area contributed by atoms with E-state index < -0.39 is 16.0 Å². The van der Waals surface area contributed by atoms with Gasteiger partial charge in [0.1, 0.15) is 5.82 Å². The normalized spacial score (nSPS) is 12.8. The molecule has 26 heavy (non-hydrogen) atoms. The first kappa shape index (κ1) is 20.0. The molecule has 140 valence electrons. The van der Waals surface area contributed by atoms with Gasteiger partial charge in [0, 0.05) is 12.6 Å². The topological polar surface area (TPSA) is 75.7 Å². The molecule has 8 heteroatoms. The maximum absolute atomic E-state index is 13.5. The number of nitrogens with zero attached hydrogens (tertiary/aromatic N) is 1. The lowest BCUT2D eigenvalue weighted by Gasteiger charge is -2.25. The van der Waals surface area contributed by atoms with Gasteiger partial charge >= 0.3 is 5.97 Å². The van der Waals surface area contributed by atoms with Gasteiger partial charge in [-0.3, -0.25) is 0 Å². The van der Waals surface area contributed by atoms with Crippen LogP contribution < -0.4 is 4.72 Å². The first-order valence-corrected chi connectivity index (χ1v) is 9.33. The van der Waals surface area contributed by atoms with Crippen molar-refractivity contribution in [3.05, 3.63) is 65.5 Å². The number of hydrogen-bond acceptors (Lipinski definition) is 5. The lowest BCUT2D eigenvalue weighted by atomic mass is 10.1. The summed E-state index contributed by atoms with van der Waals surface area (Å²) < 4.78 is 45.6. The molecule has 2 aromatic rings. The average Bonchev–Trinajstić information content (AvgIpc) is 2.61. The third kappa shape index (κ3) is 4.87. The molecule has 0 aliphatic rings. The zero-order chi connectivity index (χ0) is 19.3. The van der Waals surface area contributed by atoms with E-state index in [4.69, 9.17) is 0 Å². The van der Waals surface area contributed by atoms with Crippen LogP contribution in [0.15, 0.2) is 53.4 Å². The van der Waals surface area contributed by atoms with Crippen molar-refractivity contribution in [2.45, 2.75) is 10.9 Å². The molecule has 2 rings (SSSR count). The Hall–Kier alpha value is -2.29. The number of nitrogens with one attached hydrogen (secondary N) is 1. The summed E-state index contributed by atoms with van der Waals surface area (Å²) in [6.07, 6.45) is 0. The van der Waals surface area contributed by atoms with E-state index in [-0.39, 0.29) is 28.9 Å². The Balaban J connectivity index is 2.16. The highest BCUT2D eigenvalue weighted by Gasteiger charge is 2.20. The molecule has 0 fully saturated rings. The summed E-state index contributed by atoms with van der Waals surface area (Å²) in [5.74, 6) is -0.920. The minimum atomic E-state index is -3.78. The Labute approximate surface area is 152 Å². The van der Waals surface area contributed by atoms with Crippen LogP contribution in [0.3, 0.4) is 0 Å². The molecule has 6 nitrogen and oxygen atoms in total. The van der Waals surface area contributed by atoms with Gasteiger partial charge in [-0.25, -0.2) is 22.3 Å². The zero-order valence-corrected chi connectivity index (χ0v) is 15.6. The molecule has 0 aromatic heterocycles. The molecule has 2 aromatic carbocycles. The van der Waals surface area contributed by atoms with Crippen molar-refractivity contribution < 1.29 is 22.3 Å². The lowest BCUT2D eigenvalue weighted by Crippen LogP contribution is -2.34. The maximum atomic E-state index is 13.5. The summed E-state index contributed by atoms with van der Waals surface area (Å²) in [6.45, 7) is 0.0670. The quantitative estimate of drug-likeness (QED) is 0.746. The van der Waals surface area contributed by atoms with Gasteiger partial charge < -0.3 is 9.64 Å². The Kier molecular flexibility index (Phi) is 6.47. The molecule has 0 radical (unpaired) electrons. The van der Waals surface area contributed by atoms with Gasteiger partial charge in [-0.15, -0.1) is 0 Å². The highest BCUT2D eigenvalue weighted by molar-refractivity contribution is 7.89. The number of ether oxygens (including phenoxy) is 1. The van der Waals surface area contributed by atoms with E-state index in [0.29, 0.717) is 5.56 Å². The van der Waals surface area contributed by atoms with Crippen molar-refractivity contribution in [2.75, 3.05) is 27.7 Å². The zero-order valence-electron chi connectivity index (χ0n) is 14.8. The molecular formula is C18H21FN2O4S. The molecule has 0 amide bonds. The lowest BCUT2D eigenvalue weighted by molar-refractivity contribution is 0.0600. The van der Waals surface area contributed by atoms with Crippen LogP contribution in [0.1, 0.15) is 22.0 Å². The summed E-state index contributed by atoms with van der Waals surface area (Å²) >= 11 is 0. The number of esters is 1. The third-order valence-electron chi connectivity index (χ3n) is 3.91. The van der Waals surface area contributed by atoms with Gasteiger partial charge in [0.2, 0.25) is 10.0 Å². The largest absolute Gasteiger partial charge is 0.465 e. The van der Waals surface area contributed by atoms with Crippen LogP contribution in [0, 0.1) is 5.82 Å². The van der Waals surface area contributed by atoms with E-state index >= 15 is 0 Å². The second-order valence-electron chi connectivity index (χ2n) is 5.90. The number of sulfonamides is 1. The number of carbonyl (C=O) groups excluding carboxylic acids is 1. The minimum Gasteiger partial charge on any atom is -0.465 e. The van der Waals surface area contributed by atoms with E-state index in [1.54, 1.807) is 31.1 Å². The van der Waals surface area contributed by atoms with Crippen molar-refractivity contribution in [2.24, 2.45) is 0 Å². The molecular weight excluding hydrogens is 359 g/mol. The summed E-state index contributed by atoms with van der Waals surface area (Å²) in [6, 6.07) is 11.1. The van der Waals surface area contributed by atoms with Gasteiger partial charge in [-0.2, -0.15) is 0 Å². The number of hydrogen-bond donors (Lipinski definition) is 1. The number of benzene rings is 2. The molecule has 0 spiro atoms. The molecule has 0 unspecified atom stereocenters. The summed E-state index contributed by atoms with van der Waals surface area (Å²) in [5.41, 5.74) is 0.927. The van der Waals surface area contributed by atoms with Crippen molar-refractivity contribution >= 4 is 16.0 Å². The van der Waals surface area contributed by atoms with Crippen LogP contribution >= 0.6 is 0 Å². The first-order valence-electron chi connectivity index (χ1n) is 7.84. The van der Waals surface area contributed by atoms with E-state index in [2.05, 4.69) is 9.46 Å². The summed E-state index contributed by atoms with van der Waals surface area (Å²) in [7, 11) is 1.05. The van der Waals surface area contributed by atoms with Gasteiger partial charge in [-0.05, 0) is 56.1 Å². The average molecular weight is 380 g/mol. The Morgan fingerprint density at radius 2 is 1.85 bits per heavy atom. The number of likely N-dealkylation sites (N-methyl/N-ethyl adjacent to an activating group) is 1. The van der Waals surface area contributed by atoms with E-state index in [1.807, 2.05) is 0 Å². The van der Waals surface area contributed by atoms with Gasteiger partial charge in [0.15, 0.2) is 0 Å². The Morgan fingerprint density at radius 3 is 2.38 bits per heavy atom. The SMILES string of the molecule is COC(=O)c1ccc(S(=O)(=O)NC[C@H](c2cccc(F)c2)N(C)C)cc1. The number of carbonyl (C=O) groups is 1. The molecule has 1 atom stereocenters. The smallest absolute Gasteiger partial charge is 0.337 e. The Morgan fingerprint density at radius 1 is 1.19 bits per heavy atom. The summed E-state index contributed by atoms with van der Waals surface area (Å²) in [5, 5.41) is 0. The van der Waals surface area contributed by atoms with Crippen molar-refractivity contribution in [3.8, 4) is 0 Å². The maximum Gasteiger partial charge on any atom is 0.337 e. The van der Waals surface area contributed by atoms with Crippen LogP contribution in [0.5, 0.6) is 0 Å². The van der Waals surface area contributed by atoms with E-state index in [0.717, 1.165) is 0 Å². The molecule has 0 aliphatic carbocycles. The number of rotatable bonds is 7. The molecule has 0 aliphatic heterocycles. The van der Waals surface area contributed by atoms with Crippen LogP contribution in [-0.2, 0) is 14.8 Å². The van der Waals surface area contributed by atoms with E-state index in [9.17, 15) is 17.6 Å². The molecule has 1 N–H and O–H groups in total. The highest BCUT2D eigenvalue weighted by atomic mass is 32.2. The Bertz CT molecular complexity index is 867. The van der Waals surface area contributed by atoms with Crippen molar-refractivity contribution in [1.29, 1.82) is 0 Å². The standard InChI is InChI=1S/C18H21FN2O4S/c1-21(2)17(14-5-4-6-15(19)11-14)12-20-26(23,24)16-9-7-13(8-10-16)18(22)25-3/h4-11,17,20H,12H2,1-3H3/t17-/m1/s1. The number of halogens is 1. The highest BCUT2D eigenvalue weighted by Crippen LogP contribution is 2.19. The second kappa shape index (κ2) is 8.39. The molecule has 0 saturated carbocycles. The van der Waals surface area contributed by atoms with Gasteiger partial charge in [0.25, 0.3) is 0 Å². The van der Waals surface area contributed by atoms with Crippen LogP contribution in [0.2, 0.25) is 0 Å².